The Hall–Kier alpha value is -1.72. The fourth-order valence-corrected chi connectivity index (χ4v) is 3.03. The van der Waals surface area contributed by atoms with Crippen molar-refractivity contribution in [2.75, 3.05) is 12.0 Å². The maximum Gasteiger partial charge on any atom is 0.177 e. The average Bonchev–Trinajstić information content (AvgIpc) is 2.42. The van der Waals surface area contributed by atoms with Crippen LogP contribution >= 0.6 is 11.6 Å². The van der Waals surface area contributed by atoms with E-state index >= 15 is 0 Å². The number of ether oxygens (including phenoxy) is 1. The minimum atomic E-state index is -3.39. The van der Waals surface area contributed by atoms with Crippen molar-refractivity contribution in [3.8, 4) is 11.5 Å². The van der Waals surface area contributed by atoms with E-state index in [1.165, 1.54) is 6.07 Å². The van der Waals surface area contributed by atoms with E-state index in [1.54, 1.807) is 24.3 Å². The van der Waals surface area contributed by atoms with E-state index in [-0.39, 0.29) is 10.6 Å². The van der Waals surface area contributed by atoms with Crippen LogP contribution < -0.4 is 10.5 Å². The summed E-state index contributed by atoms with van der Waals surface area (Å²) in [6, 6.07) is 9.95. The first-order chi connectivity index (χ1) is 9.82. The molecule has 112 valence electrons. The zero-order valence-electron chi connectivity index (χ0n) is 11.8. The van der Waals surface area contributed by atoms with Crippen molar-refractivity contribution in [2.24, 2.45) is 0 Å². The summed E-state index contributed by atoms with van der Waals surface area (Å²) in [6.07, 6.45) is 1.88. The van der Waals surface area contributed by atoms with E-state index in [1.807, 2.05) is 13.0 Å². The van der Waals surface area contributed by atoms with Gasteiger partial charge < -0.3 is 10.5 Å². The third kappa shape index (κ3) is 3.49. The Kier molecular flexibility index (Phi) is 4.44. The van der Waals surface area contributed by atoms with Crippen molar-refractivity contribution in [3.05, 3.63) is 47.0 Å². The fraction of sp³-hybridized carbons (Fsp3) is 0.200. The summed E-state index contributed by atoms with van der Waals surface area (Å²) in [6.45, 7) is 1.99. The number of anilines is 1. The molecular weight excluding hydrogens is 310 g/mol. The Balaban J connectivity index is 2.41. The predicted octanol–water partition coefficient (Wildman–Crippen LogP) is 3.68. The van der Waals surface area contributed by atoms with Crippen LogP contribution in [0.5, 0.6) is 11.5 Å². The fourth-order valence-electron chi connectivity index (χ4n) is 1.95. The van der Waals surface area contributed by atoms with Gasteiger partial charge in [0.05, 0.1) is 10.6 Å². The Morgan fingerprint density at radius 3 is 2.57 bits per heavy atom. The summed E-state index contributed by atoms with van der Waals surface area (Å²) >= 11 is 6.06. The molecule has 0 bridgehead atoms. The molecule has 0 saturated heterocycles. The lowest BCUT2D eigenvalue weighted by atomic mass is 10.1. The van der Waals surface area contributed by atoms with E-state index in [4.69, 9.17) is 22.1 Å². The smallest absolute Gasteiger partial charge is 0.177 e. The first kappa shape index (κ1) is 15.7. The summed E-state index contributed by atoms with van der Waals surface area (Å²) < 4.78 is 29.0. The molecule has 6 heteroatoms. The minimum absolute atomic E-state index is 0.0599. The number of rotatable bonds is 4. The number of benzene rings is 2. The van der Waals surface area contributed by atoms with Gasteiger partial charge in [-0.05, 0) is 42.3 Å². The van der Waals surface area contributed by atoms with Gasteiger partial charge >= 0.3 is 0 Å². The molecule has 0 aromatic heterocycles. The molecule has 0 radical (unpaired) electrons. The molecule has 21 heavy (non-hydrogen) atoms. The molecule has 0 amide bonds. The van der Waals surface area contributed by atoms with Crippen molar-refractivity contribution in [2.45, 2.75) is 18.2 Å². The summed E-state index contributed by atoms with van der Waals surface area (Å²) in [4.78, 5) is 0.0599. The average molecular weight is 326 g/mol. The minimum Gasteiger partial charge on any atom is -0.455 e. The van der Waals surface area contributed by atoms with Gasteiger partial charge in [0, 0.05) is 11.3 Å². The van der Waals surface area contributed by atoms with Gasteiger partial charge in [0.25, 0.3) is 0 Å². The molecule has 2 aromatic rings. The van der Waals surface area contributed by atoms with E-state index in [0.29, 0.717) is 16.5 Å². The number of aryl methyl sites for hydroxylation is 1. The Bertz CT molecular complexity index is 772. The van der Waals surface area contributed by atoms with Crippen molar-refractivity contribution in [1.82, 2.24) is 0 Å². The molecule has 0 aliphatic carbocycles. The maximum atomic E-state index is 11.7. The summed E-state index contributed by atoms with van der Waals surface area (Å²) in [5, 5.41) is 0.669. The van der Waals surface area contributed by atoms with Crippen LogP contribution in [0.2, 0.25) is 5.02 Å². The number of halogens is 1. The standard InChI is InChI=1S/C15H16ClNO3S/c1-3-10-9-11(7-8-12(10)16)20-13-5-4-6-14(15(13)17)21(2,18)19/h4-9H,3,17H2,1-2H3. The first-order valence-corrected chi connectivity index (χ1v) is 8.64. The first-order valence-electron chi connectivity index (χ1n) is 6.37. The summed E-state index contributed by atoms with van der Waals surface area (Å²) in [5.74, 6) is 0.871. The summed E-state index contributed by atoms with van der Waals surface area (Å²) in [5.41, 5.74) is 6.94. The van der Waals surface area contributed by atoms with E-state index in [0.717, 1.165) is 18.2 Å². The highest BCUT2D eigenvalue weighted by Crippen LogP contribution is 2.33. The van der Waals surface area contributed by atoms with Crippen LogP contribution in [0.3, 0.4) is 0 Å². The second kappa shape index (κ2) is 5.95. The van der Waals surface area contributed by atoms with Crippen LogP contribution in [0.15, 0.2) is 41.3 Å². The maximum absolute atomic E-state index is 11.7. The van der Waals surface area contributed by atoms with Crippen LogP contribution in [0.25, 0.3) is 0 Å². The molecule has 0 heterocycles. The molecule has 4 nitrogen and oxygen atoms in total. The van der Waals surface area contributed by atoms with E-state index in [2.05, 4.69) is 0 Å². The van der Waals surface area contributed by atoms with E-state index < -0.39 is 9.84 Å². The number of hydrogen-bond acceptors (Lipinski definition) is 4. The number of hydrogen-bond donors (Lipinski definition) is 1. The highest BCUT2D eigenvalue weighted by Gasteiger charge is 2.15. The van der Waals surface area contributed by atoms with Gasteiger partial charge in [0.1, 0.15) is 5.75 Å². The summed E-state index contributed by atoms with van der Waals surface area (Å²) in [7, 11) is -3.39. The molecule has 0 spiro atoms. The Morgan fingerprint density at radius 2 is 1.95 bits per heavy atom. The van der Waals surface area contributed by atoms with Gasteiger partial charge in [-0.3, -0.25) is 0 Å². The quantitative estimate of drug-likeness (QED) is 0.870. The highest BCUT2D eigenvalue weighted by molar-refractivity contribution is 7.90. The monoisotopic (exact) mass is 325 g/mol. The number of sulfone groups is 1. The van der Waals surface area contributed by atoms with Gasteiger partial charge in [0.15, 0.2) is 15.6 Å². The Labute approximate surface area is 129 Å². The van der Waals surface area contributed by atoms with Crippen LogP contribution in [-0.4, -0.2) is 14.7 Å². The predicted molar refractivity (Wildman–Crippen MR) is 84.9 cm³/mol. The lowest BCUT2D eigenvalue weighted by molar-refractivity contribution is 0.483. The molecule has 0 aliphatic rings. The number of para-hydroxylation sites is 1. The normalized spacial score (nSPS) is 11.4. The number of nitrogens with two attached hydrogens (primary N) is 1. The van der Waals surface area contributed by atoms with Crippen molar-refractivity contribution >= 4 is 27.1 Å². The van der Waals surface area contributed by atoms with Crippen LogP contribution in [-0.2, 0) is 16.3 Å². The zero-order chi connectivity index (χ0) is 15.6. The third-order valence-corrected chi connectivity index (χ3v) is 4.58. The lowest BCUT2D eigenvalue weighted by Gasteiger charge is -2.12. The van der Waals surface area contributed by atoms with Gasteiger partial charge in [-0.2, -0.15) is 0 Å². The van der Waals surface area contributed by atoms with Gasteiger partial charge in [0.2, 0.25) is 0 Å². The van der Waals surface area contributed by atoms with Crippen LogP contribution in [0, 0.1) is 0 Å². The molecule has 0 saturated carbocycles. The highest BCUT2D eigenvalue weighted by atomic mass is 35.5. The molecule has 2 N–H and O–H groups in total. The largest absolute Gasteiger partial charge is 0.455 e. The van der Waals surface area contributed by atoms with Crippen molar-refractivity contribution in [3.63, 3.8) is 0 Å². The SMILES string of the molecule is CCc1cc(Oc2cccc(S(C)(=O)=O)c2N)ccc1Cl. The number of nitrogen functional groups attached to an aromatic ring is 1. The van der Waals surface area contributed by atoms with Gasteiger partial charge in [-0.25, -0.2) is 8.42 Å². The van der Waals surface area contributed by atoms with Crippen molar-refractivity contribution < 1.29 is 13.2 Å². The second-order valence-corrected chi connectivity index (χ2v) is 7.04. The molecular formula is C15H16ClNO3S. The molecule has 0 fully saturated rings. The van der Waals surface area contributed by atoms with E-state index in [9.17, 15) is 8.42 Å². The lowest BCUT2D eigenvalue weighted by Crippen LogP contribution is -2.03. The second-order valence-electron chi connectivity index (χ2n) is 4.65. The molecule has 0 unspecified atom stereocenters. The Morgan fingerprint density at radius 1 is 1.24 bits per heavy atom. The molecule has 0 atom stereocenters. The topological polar surface area (TPSA) is 69.4 Å². The van der Waals surface area contributed by atoms with Gasteiger partial charge in [-0.1, -0.05) is 24.6 Å². The molecule has 2 rings (SSSR count). The molecule has 0 aliphatic heterocycles. The molecule has 2 aromatic carbocycles. The zero-order valence-corrected chi connectivity index (χ0v) is 13.3. The third-order valence-electron chi connectivity index (χ3n) is 3.05. The van der Waals surface area contributed by atoms with Crippen LogP contribution in [0.4, 0.5) is 5.69 Å². The van der Waals surface area contributed by atoms with Gasteiger partial charge in [-0.15, -0.1) is 0 Å². The van der Waals surface area contributed by atoms with Crippen molar-refractivity contribution in [1.29, 1.82) is 0 Å². The van der Waals surface area contributed by atoms with Crippen LogP contribution in [0.1, 0.15) is 12.5 Å².